The fourth-order valence-electron chi connectivity index (χ4n) is 2.29. The van der Waals surface area contributed by atoms with Gasteiger partial charge < -0.3 is 11.1 Å². The third-order valence-electron chi connectivity index (χ3n) is 3.30. The van der Waals surface area contributed by atoms with Crippen molar-refractivity contribution < 1.29 is 4.79 Å². The van der Waals surface area contributed by atoms with Gasteiger partial charge in [-0.15, -0.1) is 23.7 Å². The highest BCUT2D eigenvalue weighted by molar-refractivity contribution is 7.16. The number of fused-ring (bicyclic) bond motifs is 1. The SMILES string of the molecule is Cc1c(NC(=O)CCCN)sc2c1CCCC2.Cl. The summed E-state index contributed by atoms with van der Waals surface area (Å²) < 4.78 is 0. The summed E-state index contributed by atoms with van der Waals surface area (Å²) in [7, 11) is 0. The molecule has 1 aromatic rings. The van der Waals surface area contributed by atoms with Crippen LogP contribution in [0.15, 0.2) is 0 Å². The van der Waals surface area contributed by atoms with Gasteiger partial charge in [0, 0.05) is 11.3 Å². The summed E-state index contributed by atoms with van der Waals surface area (Å²) in [6, 6.07) is 0. The van der Waals surface area contributed by atoms with Gasteiger partial charge in [0.2, 0.25) is 5.91 Å². The van der Waals surface area contributed by atoms with Gasteiger partial charge in [0.05, 0.1) is 5.00 Å². The highest BCUT2D eigenvalue weighted by Crippen LogP contribution is 2.37. The number of carbonyl (C=O) groups is 1. The number of thiophene rings is 1. The van der Waals surface area contributed by atoms with E-state index in [0.717, 1.165) is 11.4 Å². The van der Waals surface area contributed by atoms with E-state index in [1.165, 1.54) is 41.7 Å². The monoisotopic (exact) mass is 288 g/mol. The number of anilines is 1. The van der Waals surface area contributed by atoms with Crippen LogP contribution in [-0.4, -0.2) is 12.5 Å². The normalized spacial score (nSPS) is 13.7. The third-order valence-corrected chi connectivity index (χ3v) is 4.61. The first-order chi connectivity index (χ1) is 8.22. The Bertz CT molecular complexity index is 417. The minimum atomic E-state index is 0. The van der Waals surface area contributed by atoms with Crippen molar-refractivity contribution in [1.29, 1.82) is 0 Å². The molecule has 5 heteroatoms. The summed E-state index contributed by atoms with van der Waals surface area (Å²) >= 11 is 1.76. The molecular weight excluding hydrogens is 268 g/mol. The molecule has 3 N–H and O–H groups in total. The molecule has 0 saturated heterocycles. The molecule has 3 nitrogen and oxygen atoms in total. The Hall–Kier alpha value is -0.580. The van der Waals surface area contributed by atoms with Gasteiger partial charge in [0.1, 0.15) is 0 Å². The Labute approximate surface area is 119 Å². The van der Waals surface area contributed by atoms with Gasteiger partial charge in [-0.1, -0.05) is 0 Å². The molecule has 1 aromatic heterocycles. The van der Waals surface area contributed by atoms with E-state index in [2.05, 4.69) is 12.2 Å². The highest BCUT2D eigenvalue weighted by atomic mass is 35.5. The maximum atomic E-state index is 11.7. The Morgan fingerprint density at radius 2 is 2.11 bits per heavy atom. The number of aryl methyl sites for hydroxylation is 1. The van der Waals surface area contributed by atoms with E-state index in [4.69, 9.17) is 5.73 Å². The van der Waals surface area contributed by atoms with Gasteiger partial charge in [-0.3, -0.25) is 4.79 Å². The van der Waals surface area contributed by atoms with Crippen LogP contribution in [0.2, 0.25) is 0 Å². The second-order valence-corrected chi connectivity index (χ2v) is 5.71. The topological polar surface area (TPSA) is 55.1 Å². The number of nitrogens with one attached hydrogen (secondary N) is 1. The van der Waals surface area contributed by atoms with Gasteiger partial charge in [0.25, 0.3) is 0 Å². The van der Waals surface area contributed by atoms with Crippen molar-refractivity contribution in [1.82, 2.24) is 0 Å². The van der Waals surface area contributed by atoms with Gasteiger partial charge in [-0.05, 0) is 56.7 Å². The molecule has 0 saturated carbocycles. The Kier molecular flexibility index (Phi) is 6.12. The van der Waals surface area contributed by atoms with E-state index in [1.54, 1.807) is 11.3 Å². The molecule has 0 aliphatic heterocycles. The lowest BCUT2D eigenvalue weighted by molar-refractivity contribution is -0.116. The quantitative estimate of drug-likeness (QED) is 0.895. The average molecular weight is 289 g/mol. The molecule has 0 fully saturated rings. The molecule has 0 spiro atoms. The molecule has 0 aromatic carbocycles. The Morgan fingerprint density at radius 1 is 1.39 bits per heavy atom. The number of carbonyl (C=O) groups excluding carboxylic acids is 1. The Morgan fingerprint density at radius 3 is 2.78 bits per heavy atom. The first kappa shape index (κ1) is 15.5. The van der Waals surface area contributed by atoms with Crippen LogP contribution in [0.5, 0.6) is 0 Å². The minimum absolute atomic E-state index is 0. The highest BCUT2D eigenvalue weighted by Gasteiger charge is 2.18. The molecule has 1 aliphatic rings. The lowest BCUT2D eigenvalue weighted by Gasteiger charge is -2.10. The van der Waals surface area contributed by atoms with E-state index in [-0.39, 0.29) is 18.3 Å². The number of hydrogen-bond acceptors (Lipinski definition) is 3. The number of hydrogen-bond donors (Lipinski definition) is 2. The lowest BCUT2D eigenvalue weighted by Crippen LogP contribution is -2.13. The number of halogens is 1. The van der Waals surface area contributed by atoms with Crippen LogP contribution < -0.4 is 11.1 Å². The van der Waals surface area contributed by atoms with Crippen LogP contribution in [0.25, 0.3) is 0 Å². The summed E-state index contributed by atoms with van der Waals surface area (Å²) in [4.78, 5) is 13.2. The summed E-state index contributed by atoms with van der Waals surface area (Å²) in [5.74, 6) is 0.0946. The second-order valence-electron chi connectivity index (χ2n) is 4.61. The molecule has 1 heterocycles. The predicted octanol–water partition coefficient (Wildman–Crippen LogP) is 3.03. The average Bonchev–Trinajstić information content (AvgIpc) is 2.64. The van der Waals surface area contributed by atoms with Gasteiger partial charge in [-0.2, -0.15) is 0 Å². The van der Waals surface area contributed by atoms with Crippen molar-refractivity contribution in [2.45, 2.75) is 45.4 Å². The molecule has 1 amide bonds. The zero-order valence-electron chi connectivity index (χ0n) is 10.8. The van der Waals surface area contributed by atoms with Crippen LogP contribution >= 0.6 is 23.7 Å². The van der Waals surface area contributed by atoms with E-state index in [1.807, 2.05) is 0 Å². The van der Waals surface area contributed by atoms with E-state index in [0.29, 0.717) is 13.0 Å². The molecule has 18 heavy (non-hydrogen) atoms. The van der Waals surface area contributed by atoms with Crippen LogP contribution in [0.1, 0.15) is 41.7 Å². The number of amides is 1. The molecule has 0 unspecified atom stereocenters. The minimum Gasteiger partial charge on any atom is -0.330 e. The van der Waals surface area contributed by atoms with Crippen molar-refractivity contribution in [2.24, 2.45) is 5.73 Å². The first-order valence-corrected chi connectivity index (χ1v) is 7.15. The molecule has 102 valence electrons. The van der Waals surface area contributed by atoms with Crippen LogP contribution in [0.3, 0.4) is 0 Å². The molecule has 0 atom stereocenters. The Balaban J connectivity index is 0.00000162. The largest absolute Gasteiger partial charge is 0.330 e. The summed E-state index contributed by atoms with van der Waals surface area (Å²) in [5, 5.41) is 4.08. The fourth-order valence-corrected chi connectivity index (χ4v) is 3.61. The van der Waals surface area contributed by atoms with Gasteiger partial charge in [-0.25, -0.2) is 0 Å². The third kappa shape index (κ3) is 3.46. The summed E-state index contributed by atoms with van der Waals surface area (Å²) in [5.41, 5.74) is 8.17. The van der Waals surface area contributed by atoms with Crippen LogP contribution in [0, 0.1) is 6.92 Å². The van der Waals surface area contributed by atoms with E-state index < -0.39 is 0 Å². The summed E-state index contributed by atoms with van der Waals surface area (Å²) in [6.45, 7) is 2.70. The molecule has 2 rings (SSSR count). The van der Waals surface area contributed by atoms with Crippen molar-refractivity contribution in [2.75, 3.05) is 11.9 Å². The maximum Gasteiger partial charge on any atom is 0.225 e. The second kappa shape index (κ2) is 7.12. The van der Waals surface area contributed by atoms with E-state index in [9.17, 15) is 4.79 Å². The molecule has 1 aliphatic carbocycles. The van der Waals surface area contributed by atoms with Crippen LogP contribution in [-0.2, 0) is 17.6 Å². The lowest BCUT2D eigenvalue weighted by atomic mass is 9.96. The number of rotatable bonds is 4. The zero-order chi connectivity index (χ0) is 12.3. The van der Waals surface area contributed by atoms with Crippen molar-refractivity contribution in [3.8, 4) is 0 Å². The van der Waals surface area contributed by atoms with Crippen molar-refractivity contribution in [3.63, 3.8) is 0 Å². The molecule has 0 radical (unpaired) electrons. The van der Waals surface area contributed by atoms with Crippen LogP contribution in [0.4, 0.5) is 5.00 Å². The smallest absolute Gasteiger partial charge is 0.225 e. The number of nitrogens with two attached hydrogens (primary N) is 1. The fraction of sp³-hybridized carbons (Fsp3) is 0.615. The maximum absolute atomic E-state index is 11.7. The van der Waals surface area contributed by atoms with Gasteiger partial charge in [0.15, 0.2) is 0 Å². The van der Waals surface area contributed by atoms with E-state index >= 15 is 0 Å². The summed E-state index contributed by atoms with van der Waals surface area (Å²) in [6.07, 6.45) is 6.21. The van der Waals surface area contributed by atoms with Crippen molar-refractivity contribution >= 4 is 34.7 Å². The standard InChI is InChI=1S/C13H20N2OS.ClH/c1-9-10-5-2-3-6-11(10)17-13(9)15-12(16)7-4-8-14;/h2-8,14H2,1H3,(H,15,16);1H. The first-order valence-electron chi connectivity index (χ1n) is 6.33. The van der Waals surface area contributed by atoms with Gasteiger partial charge >= 0.3 is 0 Å². The predicted molar refractivity (Wildman–Crippen MR) is 79.9 cm³/mol. The van der Waals surface area contributed by atoms with Crippen molar-refractivity contribution in [3.05, 3.63) is 16.0 Å². The molecule has 0 bridgehead atoms. The molecular formula is C13H21ClN2OS. The zero-order valence-corrected chi connectivity index (χ0v) is 12.4.